The summed E-state index contributed by atoms with van der Waals surface area (Å²) in [5.74, 6) is 6.86. The minimum atomic E-state index is -0.0566. The van der Waals surface area contributed by atoms with Crippen LogP contribution in [0.5, 0.6) is 0 Å². The molecule has 0 saturated heterocycles. The van der Waals surface area contributed by atoms with E-state index in [4.69, 9.17) is 0 Å². The number of rotatable bonds is 18. The van der Waals surface area contributed by atoms with Crippen LogP contribution < -0.4 is 54.4 Å². The molecule has 0 aliphatic heterocycles. The van der Waals surface area contributed by atoms with E-state index < -0.39 is 0 Å². The fraction of sp³-hybridized carbons (Fsp3) is 0.409. The summed E-state index contributed by atoms with van der Waals surface area (Å²) in [7, 11) is 1.98. The van der Waals surface area contributed by atoms with E-state index in [0.717, 1.165) is 128 Å². The summed E-state index contributed by atoms with van der Waals surface area (Å²) in [5.41, 5.74) is 11.8. The number of H-pyrrole nitrogens is 11. The van der Waals surface area contributed by atoms with Crippen LogP contribution in [0.3, 0.4) is 0 Å². The van der Waals surface area contributed by atoms with Gasteiger partial charge in [-0.1, -0.05) is 62.1 Å². The van der Waals surface area contributed by atoms with E-state index in [1.54, 1.807) is 23.7 Å². The van der Waals surface area contributed by atoms with Crippen LogP contribution in [0.1, 0.15) is 209 Å². The SMILES string of the molecule is Cc1cnc(NC2CCCC(c3ccc4[nH][nH]c(=O)c4c3)C2)s1.Cn1cnc(NC2CCCC(c3ccc4[nH][nH]c(=O)c4c3)C2)c1.O=c1[nH][nH]c2cc(CCC3CCC(Nc4nccnn4)C3)ccc12.O=c1[nH][nH]c2ccc(C3CCCC(Nc4cc(C5CC5)[nH]n4)C3)cc12.O=c1[nH][nH]c2ccc(C3CCCC(Nc4ccccn4)C3)cc12. The Morgan fingerprint density at radius 3 is 1.39 bits per heavy atom. The van der Waals surface area contributed by atoms with Crippen LogP contribution in [0, 0.1) is 12.8 Å². The maximum atomic E-state index is 11.9. The lowest BCUT2D eigenvalue weighted by atomic mass is 9.81. The lowest BCUT2D eigenvalue weighted by Gasteiger charge is -2.30. The van der Waals surface area contributed by atoms with E-state index in [9.17, 15) is 24.0 Å². The Morgan fingerprint density at radius 2 is 0.915 bits per heavy atom. The molecule has 612 valence electrons. The first-order valence-corrected chi connectivity index (χ1v) is 42.9. The van der Waals surface area contributed by atoms with Crippen LogP contribution in [0.25, 0.3) is 54.5 Å². The molecular formula is C88H104N24O5S. The zero-order valence-corrected chi connectivity index (χ0v) is 67.4. The van der Waals surface area contributed by atoms with Gasteiger partial charge in [0.2, 0.25) is 5.95 Å². The van der Waals surface area contributed by atoms with E-state index in [1.807, 2.05) is 103 Å². The summed E-state index contributed by atoms with van der Waals surface area (Å²) in [5, 5.41) is 65.6. The van der Waals surface area contributed by atoms with Gasteiger partial charge in [-0.3, -0.25) is 80.1 Å². The van der Waals surface area contributed by atoms with Crippen molar-refractivity contribution in [3.63, 3.8) is 0 Å². The number of aromatic nitrogens is 19. The van der Waals surface area contributed by atoms with Crippen LogP contribution in [0.2, 0.25) is 0 Å². The number of aryl methyl sites for hydroxylation is 3. The second-order valence-corrected chi connectivity index (χ2v) is 34.5. The first-order valence-electron chi connectivity index (χ1n) is 42.0. The number of thiazole rings is 1. The summed E-state index contributed by atoms with van der Waals surface area (Å²) >= 11 is 1.71. The van der Waals surface area contributed by atoms with Crippen LogP contribution in [0.15, 0.2) is 177 Å². The Bertz CT molecular complexity index is 6000. The first-order chi connectivity index (χ1) is 57.7. The monoisotopic (exact) mass is 1610 g/mol. The number of fused-ring (bicyclic) bond motifs is 5. The maximum absolute atomic E-state index is 11.9. The van der Waals surface area contributed by atoms with E-state index >= 15 is 0 Å². The summed E-state index contributed by atoms with van der Waals surface area (Å²) < 4.78 is 1.95. The molecule has 0 spiro atoms. The molecule has 10 aromatic heterocycles. The highest BCUT2D eigenvalue weighted by Crippen LogP contribution is 2.42. The molecule has 29 nitrogen and oxygen atoms in total. The Balaban J connectivity index is 0.000000106. The van der Waals surface area contributed by atoms with Crippen LogP contribution in [0.4, 0.5) is 28.5 Å². The molecule has 0 bridgehead atoms. The largest absolute Gasteiger partial charge is 0.367 e. The average Bonchev–Trinajstić information content (AvgIpc) is 1.61. The van der Waals surface area contributed by atoms with Gasteiger partial charge in [-0.25, -0.2) is 19.9 Å². The van der Waals surface area contributed by atoms with Crippen molar-refractivity contribution < 1.29 is 0 Å². The highest BCUT2D eigenvalue weighted by atomic mass is 32.1. The van der Waals surface area contributed by atoms with Gasteiger partial charge in [-0.15, -0.1) is 16.4 Å². The second-order valence-electron chi connectivity index (χ2n) is 33.2. The molecule has 15 aromatic rings. The molecule has 10 heterocycles. The van der Waals surface area contributed by atoms with Crippen molar-refractivity contribution in [1.82, 2.24) is 95.9 Å². The zero-order valence-electron chi connectivity index (χ0n) is 66.6. The molecule has 16 N–H and O–H groups in total. The first kappa shape index (κ1) is 78.2. The maximum Gasteiger partial charge on any atom is 0.271 e. The number of aromatic amines is 11. The fourth-order valence-electron chi connectivity index (χ4n) is 18.5. The number of nitrogens with one attached hydrogen (secondary N) is 16. The minimum absolute atomic E-state index is 0.0357. The molecule has 10 unspecified atom stereocenters. The number of pyridine rings is 1. The molecule has 0 amide bonds. The van der Waals surface area contributed by atoms with Crippen molar-refractivity contribution in [1.29, 1.82) is 0 Å². The number of benzene rings is 5. The van der Waals surface area contributed by atoms with Gasteiger partial charge in [0.15, 0.2) is 5.13 Å². The van der Waals surface area contributed by atoms with Gasteiger partial charge in [-0.05, 0) is 259 Å². The van der Waals surface area contributed by atoms with E-state index in [0.29, 0.717) is 71.7 Å². The second kappa shape index (κ2) is 36.0. The van der Waals surface area contributed by atoms with E-state index in [1.165, 1.54) is 135 Å². The molecule has 6 saturated carbocycles. The number of nitrogens with zero attached hydrogens (tertiary/aromatic N) is 8. The van der Waals surface area contributed by atoms with Gasteiger partial charge in [0, 0.05) is 78.4 Å². The van der Waals surface area contributed by atoms with E-state index in [-0.39, 0.29) is 27.8 Å². The van der Waals surface area contributed by atoms with Gasteiger partial charge in [0.05, 0.1) is 73.2 Å². The molecule has 5 aromatic carbocycles. The topological polar surface area (TPSA) is 414 Å². The quantitative estimate of drug-likeness (QED) is 0.0379. The van der Waals surface area contributed by atoms with Gasteiger partial charge in [0.1, 0.15) is 17.5 Å². The zero-order chi connectivity index (χ0) is 80.4. The van der Waals surface area contributed by atoms with Gasteiger partial charge >= 0.3 is 0 Å². The lowest BCUT2D eigenvalue weighted by molar-refractivity contribution is 0.410. The minimum Gasteiger partial charge on any atom is -0.367 e. The summed E-state index contributed by atoms with van der Waals surface area (Å²) in [4.78, 5) is 77.4. The van der Waals surface area contributed by atoms with Crippen LogP contribution in [-0.4, -0.2) is 126 Å². The number of imidazole rings is 1. The fourth-order valence-corrected chi connectivity index (χ4v) is 19.2. The Kier molecular flexibility index (Phi) is 23.9. The summed E-state index contributed by atoms with van der Waals surface area (Å²) in [6.45, 7) is 2.08. The third kappa shape index (κ3) is 19.3. The molecule has 118 heavy (non-hydrogen) atoms. The lowest BCUT2D eigenvalue weighted by Crippen LogP contribution is -2.26. The Hall–Kier alpha value is -12.3. The molecule has 0 radical (unpaired) electrons. The third-order valence-corrected chi connectivity index (χ3v) is 25.6. The number of hydrogen-bond acceptors (Lipinski definition) is 18. The molecule has 10 atom stereocenters. The van der Waals surface area contributed by atoms with Gasteiger partial charge in [-0.2, -0.15) is 10.2 Å². The predicted octanol–water partition coefficient (Wildman–Crippen LogP) is 15.7. The van der Waals surface area contributed by atoms with Crippen molar-refractivity contribution in [2.75, 3.05) is 26.6 Å². The van der Waals surface area contributed by atoms with Crippen molar-refractivity contribution in [3.05, 3.63) is 243 Å². The highest BCUT2D eigenvalue weighted by molar-refractivity contribution is 7.15. The van der Waals surface area contributed by atoms with Crippen molar-refractivity contribution in [2.45, 2.75) is 214 Å². The van der Waals surface area contributed by atoms with Gasteiger partial charge in [0.25, 0.3) is 27.8 Å². The molecule has 21 rings (SSSR count). The number of anilines is 5. The summed E-state index contributed by atoms with van der Waals surface area (Å²) in [6.07, 6.45) is 37.6. The average molecular weight is 1610 g/mol. The van der Waals surface area contributed by atoms with Gasteiger partial charge < -0.3 is 31.2 Å². The summed E-state index contributed by atoms with van der Waals surface area (Å²) in [6, 6.07) is 41.1. The van der Waals surface area contributed by atoms with Crippen LogP contribution >= 0.6 is 11.3 Å². The molecule has 6 aliphatic carbocycles. The van der Waals surface area contributed by atoms with Crippen molar-refractivity contribution in [2.24, 2.45) is 13.0 Å². The number of hydrogen-bond donors (Lipinski definition) is 16. The molecule has 6 aliphatic rings. The predicted molar refractivity (Wildman–Crippen MR) is 467 cm³/mol. The van der Waals surface area contributed by atoms with Crippen molar-refractivity contribution >= 4 is 94.4 Å². The third-order valence-electron chi connectivity index (χ3n) is 24.8. The van der Waals surface area contributed by atoms with Crippen LogP contribution in [-0.2, 0) is 13.5 Å². The Morgan fingerprint density at radius 1 is 0.415 bits per heavy atom. The standard InChI is InChI=1S/C19H23N5O.C18H20N4O.C17H20N6O.C17H21N5O.C17H20N4OS/c25-19-15-9-13(6-7-16(15)21-24-19)12-2-1-3-14(8-12)20-18-10-17(22-23-18)11-4-5-11;23-18-15-11-13(7-8-16(15)21-22-18)12-4-3-5-14(10-12)20-17-6-1-2-9-19-17;24-16-14-6-4-12(10-15(14)21-22-16)2-1-11-3-5-13(9-11)20-17-18-7-8-19-23-17;1-22-9-16(18-10-22)19-13-4-2-3-11(7-13)12-5-6-15-14(8-12)17(23)21-20-15;1-10-9-18-17(23-10)19-13-4-2-3-11(7-13)12-5-6-15-14(8-12)16(22)21-20-15/h6-7,9-12,14H,1-5,8H2,(H2,20,22,23)(H2,21,24,25);1-2,6-9,11-12,14H,3-5,10H2,(H,19,20)(H2,21,22,23);4,6-8,10-11,13H,1-3,5,9H2,(H,18,20,23)(H2,21,22,24);5-6,8-11,13,19H,2-4,7H2,1H3,(H2,20,21,23);5-6,8-9,11,13H,2-4,7H2,1H3,(H,18,19)(H2,20,21,22). The Labute approximate surface area is 683 Å². The molecule has 6 fully saturated rings. The van der Waals surface area contributed by atoms with E-state index in [2.05, 4.69) is 173 Å². The smallest absolute Gasteiger partial charge is 0.271 e. The highest BCUT2D eigenvalue weighted by Gasteiger charge is 2.31. The molecule has 30 heteroatoms. The normalized spacial score (nSPS) is 21.8. The van der Waals surface area contributed by atoms with Crippen molar-refractivity contribution in [3.8, 4) is 0 Å². The molecular weight excluding hydrogens is 1510 g/mol.